The molecule has 0 aliphatic carbocycles. The average molecular weight is 513 g/mol. The molecular weight excluding hydrogens is 489 g/mol. The van der Waals surface area contributed by atoms with Crippen molar-refractivity contribution in [2.45, 2.75) is 26.2 Å². The largest absolute Gasteiger partial charge is 0.573 e. The SMILES string of the molecule is CCN(C)C(=O)C1=C(N(C)C=O)NC(Oc2cccc(OC(F)(F)F)c2)N1Cc1ccc(Cl)cc1. The van der Waals surface area contributed by atoms with Crippen LogP contribution in [0, 0.1) is 0 Å². The van der Waals surface area contributed by atoms with Gasteiger partial charge in [-0.1, -0.05) is 29.8 Å². The van der Waals surface area contributed by atoms with Crippen LogP contribution in [0.1, 0.15) is 12.5 Å². The van der Waals surface area contributed by atoms with E-state index in [-0.39, 0.29) is 29.7 Å². The molecule has 35 heavy (non-hydrogen) atoms. The van der Waals surface area contributed by atoms with Gasteiger partial charge >= 0.3 is 6.36 Å². The number of carbonyl (C=O) groups is 2. The summed E-state index contributed by atoms with van der Waals surface area (Å²) in [5.41, 5.74) is 0.935. The second kappa shape index (κ2) is 10.8. The number of hydrogen-bond donors (Lipinski definition) is 1. The zero-order valence-corrected chi connectivity index (χ0v) is 19.9. The molecule has 1 aliphatic heterocycles. The Morgan fingerprint density at radius 1 is 1.17 bits per heavy atom. The first kappa shape index (κ1) is 26.0. The molecule has 0 radical (unpaired) electrons. The first-order valence-electron chi connectivity index (χ1n) is 10.5. The van der Waals surface area contributed by atoms with E-state index >= 15 is 0 Å². The normalized spacial score (nSPS) is 15.5. The summed E-state index contributed by atoms with van der Waals surface area (Å²) < 4.78 is 47.9. The number of hydrogen-bond acceptors (Lipinski definition) is 6. The number of halogens is 4. The van der Waals surface area contributed by atoms with Gasteiger partial charge in [0.2, 0.25) is 6.41 Å². The van der Waals surface area contributed by atoms with Gasteiger partial charge in [-0.05, 0) is 36.8 Å². The summed E-state index contributed by atoms with van der Waals surface area (Å²) in [6.45, 7) is 2.37. The molecule has 2 aromatic rings. The van der Waals surface area contributed by atoms with E-state index in [1.807, 2.05) is 0 Å². The van der Waals surface area contributed by atoms with Crippen LogP contribution in [0.2, 0.25) is 5.02 Å². The summed E-state index contributed by atoms with van der Waals surface area (Å²) in [6, 6.07) is 11.9. The lowest BCUT2D eigenvalue weighted by Crippen LogP contribution is -2.44. The second-order valence-corrected chi connectivity index (χ2v) is 8.06. The molecule has 188 valence electrons. The smallest absolute Gasteiger partial charge is 0.452 e. The van der Waals surface area contributed by atoms with E-state index in [9.17, 15) is 22.8 Å². The lowest BCUT2D eigenvalue weighted by atomic mass is 10.2. The van der Waals surface area contributed by atoms with Gasteiger partial charge in [0.15, 0.2) is 0 Å². The van der Waals surface area contributed by atoms with Gasteiger partial charge in [0.25, 0.3) is 12.3 Å². The molecule has 0 spiro atoms. The molecule has 1 atom stereocenters. The van der Waals surface area contributed by atoms with Crippen LogP contribution in [0.4, 0.5) is 13.2 Å². The molecule has 12 heteroatoms. The van der Waals surface area contributed by atoms with Gasteiger partial charge in [-0.25, -0.2) is 0 Å². The van der Waals surface area contributed by atoms with Gasteiger partial charge in [-0.15, -0.1) is 13.2 Å². The predicted octanol–water partition coefficient (Wildman–Crippen LogP) is 3.74. The monoisotopic (exact) mass is 512 g/mol. The first-order chi connectivity index (χ1) is 16.5. The van der Waals surface area contributed by atoms with Gasteiger partial charge in [0, 0.05) is 38.3 Å². The summed E-state index contributed by atoms with van der Waals surface area (Å²) >= 11 is 5.99. The van der Waals surface area contributed by atoms with Crippen molar-refractivity contribution < 1.29 is 32.2 Å². The maximum absolute atomic E-state index is 13.3. The molecule has 3 rings (SSSR count). The Balaban J connectivity index is 1.99. The van der Waals surface area contributed by atoms with Crippen LogP contribution in [0.15, 0.2) is 60.0 Å². The molecule has 0 aromatic heterocycles. The topological polar surface area (TPSA) is 74.4 Å². The molecule has 8 nitrogen and oxygen atoms in total. The van der Waals surface area contributed by atoms with Crippen LogP contribution < -0.4 is 14.8 Å². The zero-order chi connectivity index (χ0) is 25.8. The highest BCUT2D eigenvalue weighted by Gasteiger charge is 2.39. The third-order valence-corrected chi connectivity index (χ3v) is 5.39. The number of carbonyl (C=O) groups excluding carboxylic acids is 2. The van der Waals surface area contributed by atoms with Crippen LogP contribution >= 0.6 is 11.6 Å². The molecule has 2 aromatic carbocycles. The van der Waals surface area contributed by atoms with E-state index in [1.54, 1.807) is 43.1 Å². The van der Waals surface area contributed by atoms with Crippen molar-refractivity contribution in [3.8, 4) is 11.5 Å². The number of likely N-dealkylation sites (N-methyl/N-ethyl adjacent to an activating group) is 1. The molecule has 1 unspecified atom stereocenters. The average Bonchev–Trinajstić information content (AvgIpc) is 3.15. The third kappa shape index (κ3) is 6.50. The summed E-state index contributed by atoms with van der Waals surface area (Å²) in [4.78, 5) is 29.1. The van der Waals surface area contributed by atoms with Gasteiger partial charge in [-0.2, -0.15) is 0 Å². The summed E-state index contributed by atoms with van der Waals surface area (Å²) in [5, 5.41) is 3.52. The maximum Gasteiger partial charge on any atom is 0.573 e. The fraction of sp³-hybridized carbons (Fsp3) is 0.304. The highest BCUT2D eigenvalue weighted by atomic mass is 35.5. The minimum atomic E-state index is -4.86. The predicted molar refractivity (Wildman–Crippen MR) is 122 cm³/mol. The zero-order valence-electron chi connectivity index (χ0n) is 19.2. The summed E-state index contributed by atoms with van der Waals surface area (Å²) in [6.07, 6.45) is -5.37. The van der Waals surface area contributed by atoms with Crippen molar-refractivity contribution in [2.24, 2.45) is 0 Å². The van der Waals surface area contributed by atoms with E-state index in [0.29, 0.717) is 18.0 Å². The number of nitrogens with one attached hydrogen (secondary N) is 1. The molecule has 0 saturated carbocycles. The number of alkyl halides is 3. The van der Waals surface area contributed by atoms with E-state index in [2.05, 4.69) is 10.1 Å². The van der Waals surface area contributed by atoms with Gasteiger partial charge in [0.05, 0.1) is 0 Å². The van der Waals surface area contributed by atoms with Crippen molar-refractivity contribution in [1.82, 2.24) is 20.0 Å². The number of amides is 2. The Morgan fingerprint density at radius 3 is 2.43 bits per heavy atom. The fourth-order valence-electron chi connectivity index (χ4n) is 3.30. The van der Waals surface area contributed by atoms with E-state index < -0.39 is 18.5 Å². The van der Waals surface area contributed by atoms with E-state index in [4.69, 9.17) is 16.3 Å². The molecular formula is C23H24ClF3N4O4. The molecule has 0 fully saturated rings. The first-order valence-corrected chi connectivity index (χ1v) is 10.9. The third-order valence-electron chi connectivity index (χ3n) is 5.14. The lowest BCUT2D eigenvalue weighted by Gasteiger charge is -2.30. The molecule has 0 bridgehead atoms. The second-order valence-electron chi connectivity index (χ2n) is 7.62. The Kier molecular flexibility index (Phi) is 8.00. The van der Waals surface area contributed by atoms with Crippen molar-refractivity contribution in [1.29, 1.82) is 0 Å². The minimum Gasteiger partial charge on any atom is -0.452 e. The Labute approximate surface area is 205 Å². The summed E-state index contributed by atoms with van der Waals surface area (Å²) in [5.74, 6) is -0.599. The molecule has 1 heterocycles. The van der Waals surface area contributed by atoms with Crippen LogP contribution in [0.3, 0.4) is 0 Å². The van der Waals surface area contributed by atoms with Crippen LogP contribution in [-0.2, 0) is 16.1 Å². The molecule has 2 amide bonds. The van der Waals surface area contributed by atoms with Crippen molar-refractivity contribution >= 4 is 23.9 Å². The van der Waals surface area contributed by atoms with Crippen LogP contribution in [0.25, 0.3) is 0 Å². The number of rotatable bonds is 9. The van der Waals surface area contributed by atoms with Crippen molar-refractivity contribution in [3.05, 3.63) is 70.6 Å². The quantitative estimate of drug-likeness (QED) is 0.516. The Hall–Kier alpha value is -3.60. The number of benzene rings is 2. The van der Waals surface area contributed by atoms with Gasteiger partial charge < -0.3 is 29.5 Å². The molecule has 1 N–H and O–H groups in total. The Morgan fingerprint density at radius 2 is 1.83 bits per heavy atom. The molecule has 0 saturated heterocycles. The molecule has 1 aliphatic rings. The van der Waals surface area contributed by atoms with Gasteiger partial charge in [-0.3, -0.25) is 9.59 Å². The maximum atomic E-state index is 13.3. The standard InChI is InChI=1S/C23H24ClF3N4O4/c1-4-29(2)21(33)19-20(30(3)14-32)28-22(31(19)13-15-8-10-16(24)11-9-15)34-17-6-5-7-18(12-17)35-23(25,26)27/h5-12,14,22,28H,4,13H2,1-3H3. The van der Waals surface area contributed by atoms with Crippen molar-refractivity contribution in [2.75, 3.05) is 20.6 Å². The number of ether oxygens (including phenoxy) is 2. The summed E-state index contributed by atoms with van der Waals surface area (Å²) in [7, 11) is 3.08. The van der Waals surface area contributed by atoms with Crippen molar-refractivity contribution in [3.63, 3.8) is 0 Å². The highest BCUT2D eigenvalue weighted by Crippen LogP contribution is 2.31. The fourth-order valence-corrected chi connectivity index (χ4v) is 3.43. The Bertz CT molecular complexity index is 1090. The van der Waals surface area contributed by atoms with E-state index in [0.717, 1.165) is 17.7 Å². The van der Waals surface area contributed by atoms with Crippen LogP contribution in [0.5, 0.6) is 11.5 Å². The highest BCUT2D eigenvalue weighted by molar-refractivity contribution is 6.30. The number of nitrogens with zero attached hydrogens (tertiary/aromatic N) is 3. The van der Waals surface area contributed by atoms with Gasteiger partial charge in [0.1, 0.15) is 23.0 Å². The van der Waals surface area contributed by atoms with E-state index in [1.165, 1.54) is 29.0 Å². The minimum absolute atomic E-state index is 0.0519. The lowest BCUT2D eigenvalue weighted by molar-refractivity contribution is -0.274. The van der Waals surface area contributed by atoms with Crippen LogP contribution in [-0.4, -0.2) is 60.4 Å².